The van der Waals surface area contributed by atoms with Crippen molar-refractivity contribution in [3.63, 3.8) is 0 Å². The highest BCUT2D eigenvalue weighted by atomic mass is 16.5. The van der Waals surface area contributed by atoms with Crippen LogP contribution in [0.3, 0.4) is 0 Å². The van der Waals surface area contributed by atoms with Gasteiger partial charge in [0.25, 0.3) is 0 Å². The number of aromatic amines is 1. The Bertz CT molecular complexity index is 1180. The first-order chi connectivity index (χ1) is 15.0. The Labute approximate surface area is 179 Å². The van der Waals surface area contributed by atoms with E-state index in [1.165, 1.54) is 0 Å². The first kappa shape index (κ1) is 20.5. The smallest absolute Gasteiger partial charge is 0.338 e. The summed E-state index contributed by atoms with van der Waals surface area (Å²) in [6.45, 7) is 2.52. The van der Waals surface area contributed by atoms with Gasteiger partial charge in [-0.3, -0.25) is 5.41 Å². The van der Waals surface area contributed by atoms with Crippen LogP contribution in [0.5, 0.6) is 5.75 Å². The monoisotopic (exact) mass is 420 g/mol. The zero-order valence-electron chi connectivity index (χ0n) is 17.4. The SMILES string of the molecule is CCCCOC(=O)c1cccc(N2CC(O)=C(c3nc4ccc(OC)cc4[nH]3)C2=N)c1. The van der Waals surface area contributed by atoms with Crippen molar-refractivity contribution >= 4 is 34.1 Å². The molecule has 4 rings (SSSR count). The molecule has 0 saturated carbocycles. The molecular weight excluding hydrogens is 396 g/mol. The molecule has 2 heterocycles. The van der Waals surface area contributed by atoms with E-state index in [4.69, 9.17) is 14.9 Å². The number of unbranched alkanes of at least 4 members (excludes halogenated alkanes) is 1. The number of esters is 1. The van der Waals surface area contributed by atoms with Gasteiger partial charge < -0.3 is 24.5 Å². The van der Waals surface area contributed by atoms with Crippen LogP contribution in [0.25, 0.3) is 16.6 Å². The molecule has 0 spiro atoms. The van der Waals surface area contributed by atoms with Crippen LogP contribution in [-0.2, 0) is 4.74 Å². The van der Waals surface area contributed by atoms with Crippen LogP contribution in [0.4, 0.5) is 5.69 Å². The molecule has 1 aliphatic rings. The predicted molar refractivity (Wildman–Crippen MR) is 119 cm³/mol. The Kier molecular flexibility index (Phi) is 5.62. The number of nitrogens with zero attached hydrogens (tertiary/aromatic N) is 2. The summed E-state index contributed by atoms with van der Waals surface area (Å²) < 4.78 is 10.5. The summed E-state index contributed by atoms with van der Waals surface area (Å²) in [6, 6.07) is 12.3. The van der Waals surface area contributed by atoms with Gasteiger partial charge >= 0.3 is 5.97 Å². The summed E-state index contributed by atoms with van der Waals surface area (Å²) in [5.74, 6) is 0.826. The number of carbonyl (C=O) groups is 1. The van der Waals surface area contributed by atoms with Crippen molar-refractivity contribution in [3.05, 3.63) is 59.6 Å². The molecule has 3 aromatic rings. The third-order valence-electron chi connectivity index (χ3n) is 5.15. The van der Waals surface area contributed by atoms with Gasteiger partial charge in [0, 0.05) is 11.8 Å². The van der Waals surface area contributed by atoms with Crippen molar-refractivity contribution in [2.24, 2.45) is 0 Å². The lowest BCUT2D eigenvalue weighted by atomic mass is 10.2. The van der Waals surface area contributed by atoms with E-state index in [2.05, 4.69) is 9.97 Å². The second-order valence-electron chi connectivity index (χ2n) is 7.26. The molecule has 0 unspecified atom stereocenters. The van der Waals surface area contributed by atoms with E-state index < -0.39 is 5.97 Å². The number of imidazole rings is 1. The van der Waals surface area contributed by atoms with Crippen molar-refractivity contribution in [2.75, 3.05) is 25.2 Å². The zero-order chi connectivity index (χ0) is 22.0. The van der Waals surface area contributed by atoms with Gasteiger partial charge in [0.1, 0.15) is 23.2 Å². The number of hydrogen-bond acceptors (Lipinski definition) is 6. The summed E-state index contributed by atoms with van der Waals surface area (Å²) in [4.78, 5) is 21.6. The van der Waals surface area contributed by atoms with Crippen LogP contribution in [0.15, 0.2) is 48.2 Å². The quantitative estimate of drug-likeness (QED) is 0.388. The van der Waals surface area contributed by atoms with E-state index in [0.29, 0.717) is 40.5 Å². The molecule has 0 aliphatic carbocycles. The highest BCUT2D eigenvalue weighted by molar-refractivity contribution is 6.30. The number of aliphatic hydroxyl groups excluding tert-OH is 1. The fourth-order valence-electron chi connectivity index (χ4n) is 3.48. The molecule has 0 saturated heterocycles. The minimum Gasteiger partial charge on any atom is -0.509 e. The normalized spacial score (nSPS) is 13.9. The average Bonchev–Trinajstić information content (AvgIpc) is 3.32. The van der Waals surface area contributed by atoms with Crippen LogP contribution in [0, 0.1) is 5.41 Å². The topological polar surface area (TPSA) is 112 Å². The van der Waals surface area contributed by atoms with Gasteiger partial charge in [-0.1, -0.05) is 19.4 Å². The number of aliphatic hydroxyl groups is 1. The van der Waals surface area contributed by atoms with Gasteiger partial charge in [-0.15, -0.1) is 0 Å². The second kappa shape index (κ2) is 8.51. The third kappa shape index (κ3) is 3.96. The largest absolute Gasteiger partial charge is 0.509 e. The second-order valence-corrected chi connectivity index (χ2v) is 7.26. The first-order valence-corrected chi connectivity index (χ1v) is 10.1. The molecule has 160 valence electrons. The number of ether oxygens (including phenoxy) is 2. The summed E-state index contributed by atoms with van der Waals surface area (Å²) in [5.41, 5.74) is 2.81. The van der Waals surface area contributed by atoms with Gasteiger partial charge in [0.2, 0.25) is 0 Å². The number of carbonyl (C=O) groups excluding carboxylic acids is 1. The van der Waals surface area contributed by atoms with Gasteiger partial charge in [0.05, 0.1) is 42.4 Å². The highest BCUT2D eigenvalue weighted by Crippen LogP contribution is 2.31. The first-order valence-electron chi connectivity index (χ1n) is 10.1. The number of amidine groups is 1. The Balaban J connectivity index is 1.58. The number of rotatable bonds is 7. The lowest BCUT2D eigenvalue weighted by Crippen LogP contribution is -2.26. The molecule has 0 bridgehead atoms. The summed E-state index contributed by atoms with van der Waals surface area (Å²) in [7, 11) is 1.59. The number of methoxy groups -OCH3 is 1. The van der Waals surface area contributed by atoms with Crippen LogP contribution < -0.4 is 9.64 Å². The molecule has 8 heteroatoms. The number of aromatic nitrogens is 2. The third-order valence-corrected chi connectivity index (χ3v) is 5.15. The van der Waals surface area contributed by atoms with Gasteiger partial charge in [-0.05, 0) is 36.8 Å². The van der Waals surface area contributed by atoms with E-state index in [9.17, 15) is 9.90 Å². The molecule has 0 amide bonds. The molecule has 3 N–H and O–H groups in total. The molecular formula is C23H24N4O4. The summed E-state index contributed by atoms with van der Waals surface area (Å²) in [6.07, 6.45) is 1.76. The van der Waals surface area contributed by atoms with Crippen LogP contribution in [0.1, 0.15) is 35.9 Å². The lowest BCUT2D eigenvalue weighted by Gasteiger charge is -2.19. The van der Waals surface area contributed by atoms with Crippen molar-refractivity contribution < 1.29 is 19.4 Å². The number of hydrogen-bond donors (Lipinski definition) is 3. The Morgan fingerprint density at radius 2 is 2.13 bits per heavy atom. The number of H-pyrrole nitrogens is 1. The van der Waals surface area contributed by atoms with E-state index in [-0.39, 0.29) is 18.1 Å². The predicted octanol–water partition coefficient (Wildman–Crippen LogP) is 4.29. The Hall–Kier alpha value is -3.81. The van der Waals surface area contributed by atoms with Crippen molar-refractivity contribution in [2.45, 2.75) is 19.8 Å². The molecule has 31 heavy (non-hydrogen) atoms. The molecule has 0 radical (unpaired) electrons. The molecule has 8 nitrogen and oxygen atoms in total. The van der Waals surface area contributed by atoms with Crippen LogP contribution in [0.2, 0.25) is 0 Å². The number of fused-ring (bicyclic) bond motifs is 1. The van der Waals surface area contributed by atoms with Crippen molar-refractivity contribution in [1.82, 2.24) is 9.97 Å². The number of nitrogens with one attached hydrogen (secondary N) is 2. The van der Waals surface area contributed by atoms with Crippen molar-refractivity contribution in [3.8, 4) is 5.75 Å². The zero-order valence-corrected chi connectivity index (χ0v) is 17.4. The lowest BCUT2D eigenvalue weighted by molar-refractivity contribution is 0.0500. The maximum Gasteiger partial charge on any atom is 0.338 e. The molecule has 0 fully saturated rings. The van der Waals surface area contributed by atoms with Gasteiger partial charge in [-0.25, -0.2) is 9.78 Å². The van der Waals surface area contributed by atoms with E-state index in [1.807, 2.05) is 19.1 Å². The van der Waals surface area contributed by atoms with Gasteiger partial charge in [0.15, 0.2) is 0 Å². The maximum absolute atomic E-state index is 12.3. The minimum absolute atomic E-state index is 0.0342. The van der Waals surface area contributed by atoms with Crippen LogP contribution >= 0.6 is 0 Å². The standard InChI is InChI=1S/C23H24N4O4/c1-3-4-10-31-23(29)14-6-5-7-15(11-14)27-13-19(28)20(21(27)24)22-25-17-9-8-16(30-2)12-18(17)26-22/h5-9,11-12,24,28H,3-4,10,13H2,1-2H3,(H,25,26). The Morgan fingerprint density at radius 3 is 2.90 bits per heavy atom. The van der Waals surface area contributed by atoms with Crippen LogP contribution in [-0.4, -0.2) is 47.1 Å². The van der Waals surface area contributed by atoms with E-state index in [1.54, 1.807) is 42.3 Å². The number of benzene rings is 2. The van der Waals surface area contributed by atoms with Gasteiger partial charge in [-0.2, -0.15) is 0 Å². The molecule has 0 atom stereocenters. The maximum atomic E-state index is 12.3. The fraction of sp³-hybridized carbons (Fsp3) is 0.261. The summed E-state index contributed by atoms with van der Waals surface area (Å²) >= 11 is 0. The highest BCUT2D eigenvalue weighted by Gasteiger charge is 2.31. The fourth-order valence-corrected chi connectivity index (χ4v) is 3.48. The molecule has 1 aromatic heterocycles. The minimum atomic E-state index is -0.398. The molecule has 2 aromatic carbocycles. The van der Waals surface area contributed by atoms with E-state index in [0.717, 1.165) is 18.4 Å². The van der Waals surface area contributed by atoms with E-state index >= 15 is 0 Å². The number of anilines is 1. The average molecular weight is 420 g/mol. The molecule has 1 aliphatic heterocycles. The van der Waals surface area contributed by atoms with Crippen molar-refractivity contribution in [1.29, 1.82) is 5.41 Å². The Morgan fingerprint density at radius 1 is 1.29 bits per heavy atom. The summed E-state index contributed by atoms with van der Waals surface area (Å²) in [5, 5.41) is 19.3.